The van der Waals surface area contributed by atoms with E-state index in [-0.39, 0.29) is 17.9 Å². The van der Waals surface area contributed by atoms with E-state index in [2.05, 4.69) is 5.32 Å². The summed E-state index contributed by atoms with van der Waals surface area (Å²) in [7, 11) is 0. The molecule has 0 saturated carbocycles. The molecule has 1 atom stereocenters. The number of nitro groups is 1. The van der Waals surface area contributed by atoms with Crippen molar-refractivity contribution >= 4 is 23.4 Å². The Balaban J connectivity index is 2.18. The number of amides is 2. The lowest BCUT2D eigenvalue weighted by Crippen LogP contribution is -2.42. The van der Waals surface area contributed by atoms with Crippen LogP contribution in [0.5, 0.6) is 0 Å². The molecule has 1 aliphatic rings. The van der Waals surface area contributed by atoms with Crippen molar-refractivity contribution in [3.8, 4) is 0 Å². The summed E-state index contributed by atoms with van der Waals surface area (Å²) >= 11 is 0. The predicted molar refractivity (Wildman–Crippen MR) is 69.4 cm³/mol. The molecule has 1 unspecified atom stereocenters. The Hall–Kier alpha value is -2.71. The second-order valence-corrected chi connectivity index (χ2v) is 4.54. The van der Waals surface area contributed by atoms with E-state index in [1.165, 1.54) is 0 Å². The number of nitro benzene ring substituents is 1. The monoisotopic (exact) mass is 297 g/mol. The molecular formula is C12H12FN3O5. The van der Waals surface area contributed by atoms with Crippen LogP contribution in [0.3, 0.4) is 0 Å². The second-order valence-electron chi connectivity index (χ2n) is 4.54. The lowest BCUT2D eigenvalue weighted by molar-refractivity contribution is -0.384. The maximum Gasteiger partial charge on any atom is 0.326 e. The number of urea groups is 1. The summed E-state index contributed by atoms with van der Waals surface area (Å²) in [6.45, 7) is 0.235. The SMILES string of the molecule is O=C(O)C1CCCN1C(=O)Nc1cc([N+](=O)[O-])ccc1F. The van der Waals surface area contributed by atoms with Gasteiger partial charge >= 0.3 is 12.0 Å². The summed E-state index contributed by atoms with van der Waals surface area (Å²) in [6.07, 6.45) is 0.849. The molecule has 0 aliphatic carbocycles. The number of nitrogens with one attached hydrogen (secondary N) is 1. The number of carbonyl (C=O) groups excluding carboxylic acids is 1. The molecular weight excluding hydrogens is 285 g/mol. The lowest BCUT2D eigenvalue weighted by atomic mass is 10.2. The molecule has 1 aromatic carbocycles. The molecule has 1 saturated heterocycles. The van der Waals surface area contributed by atoms with Gasteiger partial charge in [-0.3, -0.25) is 10.1 Å². The van der Waals surface area contributed by atoms with E-state index in [0.717, 1.165) is 23.1 Å². The van der Waals surface area contributed by atoms with Crippen LogP contribution in [-0.4, -0.2) is 39.5 Å². The molecule has 1 aliphatic heterocycles. The first-order valence-corrected chi connectivity index (χ1v) is 6.14. The molecule has 0 spiro atoms. The molecule has 21 heavy (non-hydrogen) atoms. The van der Waals surface area contributed by atoms with Gasteiger partial charge in [0.05, 0.1) is 10.6 Å². The van der Waals surface area contributed by atoms with E-state index in [1.54, 1.807) is 0 Å². The van der Waals surface area contributed by atoms with E-state index < -0.39 is 28.8 Å². The number of carboxylic acid groups (broad SMARTS) is 1. The van der Waals surface area contributed by atoms with E-state index in [4.69, 9.17) is 5.11 Å². The molecule has 2 rings (SSSR count). The summed E-state index contributed by atoms with van der Waals surface area (Å²) in [6, 6.07) is 0.970. The minimum Gasteiger partial charge on any atom is -0.480 e. The third kappa shape index (κ3) is 3.07. The first-order valence-electron chi connectivity index (χ1n) is 6.14. The number of carboxylic acids is 1. The molecule has 9 heteroatoms. The third-order valence-electron chi connectivity index (χ3n) is 3.20. The highest BCUT2D eigenvalue weighted by Gasteiger charge is 2.34. The van der Waals surface area contributed by atoms with Gasteiger partial charge in [-0.25, -0.2) is 14.0 Å². The van der Waals surface area contributed by atoms with Crippen molar-refractivity contribution in [2.75, 3.05) is 11.9 Å². The summed E-state index contributed by atoms with van der Waals surface area (Å²) in [5, 5.41) is 21.8. The van der Waals surface area contributed by atoms with Crippen LogP contribution in [0, 0.1) is 15.9 Å². The minimum absolute atomic E-state index is 0.235. The number of carbonyl (C=O) groups is 2. The normalized spacial score (nSPS) is 17.6. The van der Waals surface area contributed by atoms with Crippen LogP contribution in [0.25, 0.3) is 0 Å². The Labute approximate surface area is 118 Å². The van der Waals surface area contributed by atoms with E-state index in [0.29, 0.717) is 12.8 Å². The summed E-state index contributed by atoms with van der Waals surface area (Å²) < 4.78 is 13.6. The smallest absolute Gasteiger partial charge is 0.326 e. The maximum atomic E-state index is 13.6. The zero-order valence-corrected chi connectivity index (χ0v) is 10.8. The summed E-state index contributed by atoms with van der Waals surface area (Å²) in [5.74, 6) is -1.97. The zero-order chi connectivity index (χ0) is 15.6. The Morgan fingerprint density at radius 2 is 2.19 bits per heavy atom. The van der Waals surface area contributed by atoms with Gasteiger partial charge < -0.3 is 15.3 Å². The molecule has 1 heterocycles. The van der Waals surface area contributed by atoms with Gasteiger partial charge in [0.2, 0.25) is 0 Å². The zero-order valence-electron chi connectivity index (χ0n) is 10.8. The fraction of sp³-hybridized carbons (Fsp3) is 0.333. The van der Waals surface area contributed by atoms with Crippen molar-refractivity contribution < 1.29 is 24.0 Å². The van der Waals surface area contributed by atoms with Gasteiger partial charge in [0.25, 0.3) is 5.69 Å². The van der Waals surface area contributed by atoms with Crippen molar-refractivity contribution in [1.29, 1.82) is 0 Å². The van der Waals surface area contributed by atoms with Crippen LogP contribution in [0.4, 0.5) is 20.6 Å². The van der Waals surface area contributed by atoms with Crippen LogP contribution in [0.15, 0.2) is 18.2 Å². The van der Waals surface area contributed by atoms with Crippen molar-refractivity contribution in [1.82, 2.24) is 4.90 Å². The Bertz CT molecular complexity index is 607. The van der Waals surface area contributed by atoms with Crippen LogP contribution in [-0.2, 0) is 4.79 Å². The molecule has 0 bridgehead atoms. The first kappa shape index (κ1) is 14.7. The van der Waals surface area contributed by atoms with Crippen molar-refractivity contribution in [2.45, 2.75) is 18.9 Å². The van der Waals surface area contributed by atoms with Gasteiger partial charge in [0.15, 0.2) is 0 Å². The number of anilines is 1. The van der Waals surface area contributed by atoms with Gasteiger partial charge in [-0.15, -0.1) is 0 Å². The first-order chi connectivity index (χ1) is 9.90. The quantitative estimate of drug-likeness (QED) is 0.652. The van der Waals surface area contributed by atoms with Crippen LogP contribution < -0.4 is 5.32 Å². The Morgan fingerprint density at radius 3 is 2.81 bits per heavy atom. The number of hydrogen-bond acceptors (Lipinski definition) is 4. The molecule has 2 amide bonds. The number of benzene rings is 1. The third-order valence-corrected chi connectivity index (χ3v) is 3.20. The maximum absolute atomic E-state index is 13.6. The highest BCUT2D eigenvalue weighted by atomic mass is 19.1. The van der Waals surface area contributed by atoms with Gasteiger partial charge in [-0.1, -0.05) is 0 Å². The van der Waals surface area contributed by atoms with Crippen molar-refractivity contribution in [3.63, 3.8) is 0 Å². The summed E-state index contributed by atoms with van der Waals surface area (Å²) in [5.41, 5.74) is -0.729. The highest BCUT2D eigenvalue weighted by molar-refractivity contribution is 5.93. The Morgan fingerprint density at radius 1 is 1.48 bits per heavy atom. The number of nitrogens with zero attached hydrogens (tertiary/aromatic N) is 2. The number of halogens is 1. The molecule has 0 aromatic heterocycles. The average molecular weight is 297 g/mol. The molecule has 112 valence electrons. The van der Waals surface area contributed by atoms with Crippen LogP contribution >= 0.6 is 0 Å². The highest BCUT2D eigenvalue weighted by Crippen LogP contribution is 2.23. The molecule has 2 N–H and O–H groups in total. The number of aliphatic carboxylic acids is 1. The topological polar surface area (TPSA) is 113 Å². The Kier molecular flexibility index (Phi) is 4.01. The number of non-ortho nitro benzene ring substituents is 1. The lowest BCUT2D eigenvalue weighted by Gasteiger charge is -2.21. The standard InChI is InChI=1S/C12H12FN3O5/c13-8-4-3-7(16(20)21)6-9(8)14-12(19)15-5-1-2-10(15)11(17)18/h3-4,6,10H,1-2,5H2,(H,14,19)(H,17,18). The van der Waals surface area contributed by atoms with Crippen LogP contribution in [0.1, 0.15) is 12.8 Å². The van der Waals surface area contributed by atoms with E-state index in [9.17, 15) is 24.1 Å². The van der Waals surface area contributed by atoms with Gasteiger partial charge in [0.1, 0.15) is 11.9 Å². The van der Waals surface area contributed by atoms with Crippen molar-refractivity contribution in [3.05, 3.63) is 34.1 Å². The second kappa shape index (κ2) is 5.73. The average Bonchev–Trinajstić information content (AvgIpc) is 2.90. The molecule has 8 nitrogen and oxygen atoms in total. The number of hydrogen-bond donors (Lipinski definition) is 2. The van der Waals surface area contributed by atoms with Crippen LogP contribution in [0.2, 0.25) is 0 Å². The largest absolute Gasteiger partial charge is 0.480 e. The molecule has 0 radical (unpaired) electrons. The molecule has 1 fully saturated rings. The van der Waals surface area contributed by atoms with Gasteiger partial charge in [-0.05, 0) is 18.9 Å². The number of likely N-dealkylation sites (tertiary alicyclic amines) is 1. The van der Waals surface area contributed by atoms with Gasteiger partial charge in [0, 0.05) is 18.7 Å². The van der Waals surface area contributed by atoms with E-state index >= 15 is 0 Å². The van der Waals surface area contributed by atoms with E-state index in [1.807, 2.05) is 0 Å². The van der Waals surface area contributed by atoms with Crippen molar-refractivity contribution in [2.24, 2.45) is 0 Å². The number of rotatable bonds is 3. The predicted octanol–water partition coefficient (Wildman–Crippen LogP) is 1.81. The fourth-order valence-corrected chi connectivity index (χ4v) is 2.18. The minimum atomic E-state index is -1.14. The summed E-state index contributed by atoms with van der Waals surface area (Å²) in [4.78, 5) is 34.0. The van der Waals surface area contributed by atoms with Gasteiger partial charge in [-0.2, -0.15) is 0 Å². The fourth-order valence-electron chi connectivity index (χ4n) is 2.18. The molecule has 1 aromatic rings.